The van der Waals surface area contributed by atoms with E-state index in [4.69, 9.17) is 9.47 Å². The third-order valence-corrected chi connectivity index (χ3v) is 8.62. The summed E-state index contributed by atoms with van der Waals surface area (Å²) < 4.78 is 11.5. The van der Waals surface area contributed by atoms with Gasteiger partial charge in [0.25, 0.3) is 5.91 Å². The number of nitrogens with one attached hydrogen (secondary N) is 1. The Morgan fingerprint density at radius 1 is 0.767 bits per heavy atom. The lowest BCUT2D eigenvalue weighted by atomic mass is 9.53. The van der Waals surface area contributed by atoms with Gasteiger partial charge in [-0.15, -0.1) is 0 Å². The SMILES string of the molecule is CCC(C)(C)C(C)(C(=O)OCCOc1ccc(C(=O)Nc2ccc(N=Nc3ccc(N(C)C)cc3)cc2)cc1)C(C)(C)C. The van der Waals surface area contributed by atoms with Crippen LogP contribution in [0.5, 0.6) is 5.75 Å². The highest BCUT2D eigenvalue weighted by Crippen LogP contribution is 2.53. The molecule has 3 aromatic carbocycles. The van der Waals surface area contributed by atoms with Crippen LogP contribution in [0.4, 0.5) is 22.7 Å². The van der Waals surface area contributed by atoms with Gasteiger partial charge < -0.3 is 19.7 Å². The molecule has 3 aromatic rings. The average Bonchev–Trinajstić information content (AvgIpc) is 2.98. The first-order valence-electron chi connectivity index (χ1n) is 14.7. The molecule has 230 valence electrons. The first-order valence-corrected chi connectivity index (χ1v) is 14.7. The average molecular weight is 587 g/mol. The molecule has 0 fully saturated rings. The van der Waals surface area contributed by atoms with Gasteiger partial charge in [-0.1, -0.05) is 41.5 Å². The van der Waals surface area contributed by atoms with Crippen molar-refractivity contribution in [1.82, 2.24) is 0 Å². The van der Waals surface area contributed by atoms with Gasteiger partial charge in [0.2, 0.25) is 0 Å². The summed E-state index contributed by atoms with van der Waals surface area (Å²) in [6.07, 6.45) is 0.858. The second-order valence-corrected chi connectivity index (χ2v) is 12.7. The van der Waals surface area contributed by atoms with E-state index in [2.05, 4.69) is 57.1 Å². The Bertz CT molecular complexity index is 1390. The molecule has 0 heterocycles. The van der Waals surface area contributed by atoms with Gasteiger partial charge in [-0.05, 0) is 97.0 Å². The minimum atomic E-state index is -0.660. The Labute approximate surface area is 256 Å². The molecule has 0 aliphatic carbocycles. The highest BCUT2D eigenvalue weighted by atomic mass is 16.6. The summed E-state index contributed by atoms with van der Waals surface area (Å²) in [5, 5.41) is 11.4. The summed E-state index contributed by atoms with van der Waals surface area (Å²) in [4.78, 5) is 28.0. The molecule has 3 rings (SSSR count). The second kappa shape index (κ2) is 13.8. The lowest BCUT2D eigenvalue weighted by Gasteiger charge is -2.50. The Kier molecular flexibility index (Phi) is 10.7. The number of hydrogen-bond acceptors (Lipinski definition) is 7. The molecular weight excluding hydrogens is 540 g/mol. The number of hydrogen-bond donors (Lipinski definition) is 1. The summed E-state index contributed by atoms with van der Waals surface area (Å²) in [6, 6.07) is 21.8. The summed E-state index contributed by atoms with van der Waals surface area (Å²) in [5.41, 5.74) is 2.51. The maximum absolute atomic E-state index is 13.2. The van der Waals surface area contributed by atoms with Crippen molar-refractivity contribution in [2.75, 3.05) is 37.5 Å². The molecular formula is C35H46N4O4. The quantitative estimate of drug-likeness (QED) is 0.130. The summed E-state index contributed by atoms with van der Waals surface area (Å²) >= 11 is 0. The predicted molar refractivity (Wildman–Crippen MR) is 174 cm³/mol. The number of amides is 1. The van der Waals surface area contributed by atoms with Crippen LogP contribution in [0, 0.1) is 16.2 Å². The van der Waals surface area contributed by atoms with Crippen molar-refractivity contribution in [3.8, 4) is 5.75 Å². The van der Waals surface area contributed by atoms with E-state index in [0.29, 0.717) is 22.7 Å². The predicted octanol–water partition coefficient (Wildman–Crippen LogP) is 8.83. The van der Waals surface area contributed by atoms with Gasteiger partial charge in [0.15, 0.2) is 0 Å². The highest BCUT2D eigenvalue weighted by Gasteiger charge is 2.54. The summed E-state index contributed by atoms with van der Waals surface area (Å²) in [5.74, 6) is 0.135. The van der Waals surface area contributed by atoms with Crippen LogP contribution in [0.1, 0.15) is 65.2 Å². The van der Waals surface area contributed by atoms with Gasteiger partial charge in [0.05, 0.1) is 16.8 Å². The second-order valence-electron chi connectivity index (χ2n) is 12.7. The van der Waals surface area contributed by atoms with Crippen molar-refractivity contribution in [2.45, 2.75) is 54.9 Å². The van der Waals surface area contributed by atoms with Gasteiger partial charge in [-0.2, -0.15) is 10.2 Å². The third-order valence-electron chi connectivity index (χ3n) is 8.62. The molecule has 8 heteroatoms. The molecule has 0 bridgehead atoms. The van der Waals surface area contributed by atoms with Crippen molar-refractivity contribution < 1.29 is 19.1 Å². The maximum atomic E-state index is 13.2. The zero-order valence-corrected chi connectivity index (χ0v) is 27.0. The van der Waals surface area contributed by atoms with Gasteiger partial charge >= 0.3 is 5.97 Å². The largest absolute Gasteiger partial charge is 0.490 e. The van der Waals surface area contributed by atoms with E-state index in [-0.39, 0.29) is 35.9 Å². The summed E-state index contributed by atoms with van der Waals surface area (Å²) in [6.45, 7) is 14.9. The molecule has 0 aliphatic heterocycles. The van der Waals surface area contributed by atoms with Crippen molar-refractivity contribution in [1.29, 1.82) is 0 Å². The van der Waals surface area contributed by atoms with Crippen molar-refractivity contribution in [2.24, 2.45) is 26.5 Å². The summed E-state index contributed by atoms with van der Waals surface area (Å²) in [7, 11) is 3.97. The smallest absolute Gasteiger partial charge is 0.312 e. The van der Waals surface area contributed by atoms with Crippen LogP contribution in [0.3, 0.4) is 0 Å². The van der Waals surface area contributed by atoms with Crippen LogP contribution in [0.2, 0.25) is 0 Å². The zero-order chi connectivity index (χ0) is 31.8. The first kappa shape index (κ1) is 33.3. The van der Waals surface area contributed by atoms with Gasteiger partial charge in [0, 0.05) is 31.0 Å². The maximum Gasteiger partial charge on any atom is 0.312 e. The fourth-order valence-corrected chi connectivity index (χ4v) is 4.84. The Hall–Kier alpha value is -4.20. The van der Waals surface area contributed by atoms with E-state index in [0.717, 1.165) is 17.8 Å². The van der Waals surface area contributed by atoms with Crippen LogP contribution < -0.4 is 15.0 Å². The van der Waals surface area contributed by atoms with Crippen LogP contribution in [-0.4, -0.2) is 39.2 Å². The van der Waals surface area contributed by atoms with Crippen LogP contribution >= 0.6 is 0 Å². The molecule has 0 spiro atoms. The van der Waals surface area contributed by atoms with E-state index in [9.17, 15) is 9.59 Å². The Morgan fingerprint density at radius 2 is 1.30 bits per heavy atom. The van der Waals surface area contributed by atoms with Crippen molar-refractivity contribution >= 4 is 34.6 Å². The minimum absolute atomic E-state index is 0.144. The molecule has 8 nitrogen and oxygen atoms in total. The number of carbonyl (C=O) groups is 2. The molecule has 0 aliphatic rings. The lowest BCUT2D eigenvalue weighted by Crippen LogP contribution is -2.52. The number of azo groups is 1. The number of carbonyl (C=O) groups excluding carboxylic acids is 2. The van der Waals surface area contributed by atoms with E-state index < -0.39 is 5.41 Å². The van der Waals surface area contributed by atoms with Gasteiger partial charge in [0.1, 0.15) is 19.0 Å². The normalized spacial score (nSPS) is 13.3. The van der Waals surface area contributed by atoms with Crippen LogP contribution in [-0.2, 0) is 9.53 Å². The van der Waals surface area contributed by atoms with Gasteiger partial charge in [-0.25, -0.2) is 0 Å². The molecule has 0 aromatic heterocycles. The Balaban J connectivity index is 1.49. The standard InChI is InChI=1S/C35H46N4O4/c1-10-34(5,6)35(7,33(2,3)4)32(41)43-24-23-42-30-21-11-25(12-22-30)31(40)36-26-13-15-27(16-14-26)37-38-28-17-19-29(20-18-28)39(8)9/h11-22H,10,23-24H2,1-9H3,(H,36,40). The number of nitrogens with zero attached hydrogens (tertiary/aromatic N) is 3. The number of ether oxygens (including phenoxy) is 2. The topological polar surface area (TPSA) is 92.6 Å². The first-order chi connectivity index (χ1) is 20.2. The number of rotatable bonds is 12. The lowest BCUT2D eigenvalue weighted by molar-refractivity contribution is -0.175. The molecule has 0 radical (unpaired) electrons. The third kappa shape index (κ3) is 8.21. The van der Waals surface area contributed by atoms with E-state index in [1.807, 2.05) is 50.2 Å². The molecule has 0 saturated carbocycles. The zero-order valence-electron chi connectivity index (χ0n) is 27.0. The van der Waals surface area contributed by atoms with E-state index in [1.165, 1.54) is 0 Å². The molecule has 1 N–H and O–H groups in total. The molecule has 0 saturated heterocycles. The number of anilines is 2. The number of esters is 1. The molecule has 1 amide bonds. The van der Waals surface area contributed by atoms with Crippen molar-refractivity contribution in [3.63, 3.8) is 0 Å². The van der Waals surface area contributed by atoms with Crippen LogP contribution in [0.25, 0.3) is 0 Å². The highest BCUT2D eigenvalue weighted by molar-refractivity contribution is 6.04. The van der Waals surface area contributed by atoms with Gasteiger partial charge in [-0.3, -0.25) is 9.59 Å². The number of benzene rings is 3. The fraction of sp³-hybridized carbons (Fsp3) is 0.429. The Morgan fingerprint density at radius 3 is 1.79 bits per heavy atom. The monoisotopic (exact) mass is 586 g/mol. The van der Waals surface area contributed by atoms with E-state index >= 15 is 0 Å². The molecule has 1 atom stereocenters. The molecule has 43 heavy (non-hydrogen) atoms. The van der Waals surface area contributed by atoms with E-state index in [1.54, 1.807) is 48.5 Å². The fourth-order valence-electron chi connectivity index (χ4n) is 4.84. The van der Waals surface area contributed by atoms with Crippen molar-refractivity contribution in [3.05, 3.63) is 78.4 Å². The molecule has 1 unspecified atom stereocenters. The minimum Gasteiger partial charge on any atom is -0.490 e. The van der Waals surface area contributed by atoms with Crippen LogP contribution in [0.15, 0.2) is 83.0 Å².